The number of aliphatic hydroxyl groups excluding tert-OH is 1. The Bertz CT molecular complexity index is 304. The molecule has 1 aliphatic rings. The van der Waals surface area contributed by atoms with Crippen molar-refractivity contribution in [1.82, 2.24) is 0 Å². The summed E-state index contributed by atoms with van der Waals surface area (Å²) in [6, 6.07) is 10.2. The molecule has 1 aliphatic heterocycles. The second-order valence-corrected chi connectivity index (χ2v) is 4.91. The number of hydrogen-bond donors (Lipinski definition) is 1. The van der Waals surface area contributed by atoms with E-state index >= 15 is 0 Å². The van der Waals surface area contributed by atoms with Crippen LogP contribution in [-0.2, 0) is 11.2 Å². The van der Waals surface area contributed by atoms with Gasteiger partial charge in [-0.2, -0.15) is 0 Å². The largest absolute Gasteiger partial charge is 0.393 e. The third-order valence-electron chi connectivity index (χ3n) is 3.40. The topological polar surface area (TPSA) is 29.5 Å². The van der Waals surface area contributed by atoms with Gasteiger partial charge in [-0.3, -0.25) is 0 Å². The Morgan fingerprint density at radius 3 is 2.82 bits per heavy atom. The molecule has 1 heterocycles. The maximum absolute atomic E-state index is 9.94. The molecular weight excluding hydrogens is 212 g/mol. The maximum Gasteiger partial charge on any atom is 0.0580 e. The van der Waals surface area contributed by atoms with Gasteiger partial charge in [-0.1, -0.05) is 30.3 Å². The molecule has 1 aromatic rings. The Hall–Kier alpha value is -0.860. The zero-order chi connectivity index (χ0) is 11.9. The van der Waals surface area contributed by atoms with E-state index in [-0.39, 0.29) is 6.10 Å². The van der Waals surface area contributed by atoms with Gasteiger partial charge in [0, 0.05) is 6.61 Å². The Labute approximate surface area is 104 Å². The van der Waals surface area contributed by atoms with Crippen molar-refractivity contribution in [3.8, 4) is 0 Å². The summed E-state index contributed by atoms with van der Waals surface area (Å²) in [6.07, 6.45) is 6.48. The molecule has 0 radical (unpaired) electrons. The van der Waals surface area contributed by atoms with Crippen molar-refractivity contribution < 1.29 is 9.84 Å². The summed E-state index contributed by atoms with van der Waals surface area (Å²) < 4.78 is 5.57. The van der Waals surface area contributed by atoms with Gasteiger partial charge in [-0.15, -0.1) is 0 Å². The van der Waals surface area contributed by atoms with Gasteiger partial charge in [0.2, 0.25) is 0 Å². The van der Waals surface area contributed by atoms with Gasteiger partial charge >= 0.3 is 0 Å². The van der Waals surface area contributed by atoms with E-state index < -0.39 is 0 Å². The van der Waals surface area contributed by atoms with Crippen molar-refractivity contribution in [1.29, 1.82) is 0 Å². The summed E-state index contributed by atoms with van der Waals surface area (Å²) in [6.45, 7) is 0.928. The summed E-state index contributed by atoms with van der Waals surface area (Å²) in [4.78, 5) is 0. The van der Waals surface area contributed by atoms with Gasteiger partial charge < -0.3 is 9.84 Å². The minimum absolute atomic E-state index is 0.209. The van der Waals surface area contributed by atoms with Crippen LogP contribution in [-0.4, -0.2) is 23.9 Å². The van der Waals surface area contributed by atoms with Crippen LogP contribution >= 0.6 is 0 Å². The normalized spacial score (nSPS) is 21.6. The lowest BCUT2D eigenvalue weighted by Crippen LogP contribution is -2.12. The minimum atomic E-state index is -0.209. The van der Waals surface area contributed by atoms with Gasteiger partial charge in [-0.25, -0.2) is 0 Å². The molecule has 0 aliphatic carbocycles. The molecule has 94 valence electrons. The smallest absolute Gasteiger partial charge is 0.0580 e. The molecule has 0 spiro atoms. The van der Waals surface area contributed by atoms with E-state index in [9.17, 15) is 5.11 Å². The number of benzene rings is 1. The highest BCUT2D eigenvalue weighted by atomic mass is 16.5. The monoisotopic (exact) mass is 234 g/mol. The van der Waals surface area contributed by atoms with Crippen LogP contribution in [0.4, 0.5) is 0 Å². The zero-order valence-corrected chi connectivity index (χ0v) is 10.3. The summed E-state index contributed by atoms with van der Waals surface area (Å²) >= 11 is 0. The summed E-state index contributed by atoms with van der Waals surface area (Å²) in [5.74, 6) is 0. The number of rotatable bonds is 6. The average molecular weight is 234 g/mol. The van der Waals surface area contributed by atoms with Gasteiger partial charge in [0.1, 0.15) is 0 Å². The molecule has 1 aromatic carbocycles. The van der Waals surface area contributed by atoms with Gasteiger partial charge in [0.15, 0.2) is 0 Å². The lowest BCUT2D eigenvalue weighted by Gasteiger charge is -2.12. The van der Waals surface area contributed by atoms with Crippen LogP contribution in [0.2, 0.25) is 0 Å². The molecule has 0 bridgehead atoms. The van der Waals surface area contributed by atoms with Crippen molar-refractivity contribution in [3.63, 3.8) is 0 Å². The van der Waals surface area contributed by atoms with Crippen LogP contribution < -0.4 is 0 Å². The minimum Gasteiger partial charge on any atom is -0.393 e. The van der Waals surface area contributed by atoms with E-state index in [1.165, 1.54) is 18.4 Å². The molecule has 1 fully saturated rings. The second-order valence-electron chi connectivity index (χ2n) is 4.91. The molecule has 1 N–H and O–H groups in total. The standard InChI is InChI=1S/C15H22O2/c16-14(12-13-6-2-1-3-7-13)8-4-9-15-10-5-11-17-15/h1-3,6-7,14-16H,4-5,8-12H2. The molecule has 2 rings (SSSR count). The highest BCUT2D eigenvalue weighted by Gasteiger charge is 2.15. The fourth-order valence-corrected chi connectivity index (χ4v) is 2.44. The first kappa shape index (κ1) is 12.6. The first-order valence-electron chi connectivity index (χ1n) is 6.68. The lowest BCUT2D eigenvalue weighted by molar-refractivity contribution is 0.0945. The third-order valence-corrected chi connectivity index (χ3v) is 3.40. The summed E-state index contributed by atoms with van der Waals surface area (Å²) in [5, 5.41) is 9.94. The summed E-state index contributed by atoms with van der Waals surface area (Å²) in [7, 11) is 0. The van der Waals surface area contributed by atoms with Crippen LogP contribution in [0.15, 0.2) is 30.3 Å². The van der Waals surface area contributed by atoms with Crippen LogP contribution in [0, 0.1) is 0 Å². The predicted octanol–water partition coefficient (Wildman–Crippen LogP) is 2.94. The predicted molar refractivity (Wildman–Crippen MR) is 69.0 cm³/mol. The molecule has 17 heavy (non-hydrogen) atoms. The first-order valence-corrected chi connectivity index (χ1v) is 6.68. The molecule has 0 aromatic heterocycles. The SMILES string of the molecule is OC(CCCC1CCCO1)Cc1ccccc1. The van der Waals surface area contributed by atoms with Crippen LogP contribution in [0.5, 0.6) is 0 Å². The number of hydrogen-bond acceptors (Lipinski definition) is 2. The molecule has 2 nitrogen and oxygen atoms in total. The fourth-order valence-electron chi connectivity index (χ4n) is 2.44. The van der Waals surface area contributed by atoms with E-state index in [4.69, 9.17) is 4.74 Å². The van der Waals surface area contributed by atoms with E-state index in [0.29, 0.717) is 6.10 Å². The average Bonchev–Trinajstić information content (AvgIpc) is 2.83. The van der Waals surface area contributed by atoms with Crippen molar-refractivity contribution in [3.05, 3.63) is 35.9 Å². The van der Waals surface area contributed by atoms with Crippen LogP contribution in [0.1, 0.15) is 37.7 Å². The van der Waals surface area contributed by atoms with Crippen molar-refractivity contribution in [2.24, 2.45) is 0 Å². The molecule has 2 unspecified atom stereocenters. The quantitative estimate of drug-likeness (QED) is 0.820. The molecule has 2 atom stereocenters. The Kier molecular flexibility index (Phi) is 5.02. The molecule has 1 saturated heterocycles. The number of ether oxygens (including phenoxy) is 1. The fraction of sp³-hybridized carbons (Fsp3) is 0.600. The molecule has 0 saturated carbocycles. The van der Waals surface area contributed by atoms with Crippen molar-refractivity contribution in [2.75, 3.05) is 6.61 Å². The van der Waals surface area contributed by atoms with Crippen LogP contribution in [0.3, 0.4) is 0 Å². The van der Waals surface area contributed by atoms with Gasteiger partial charge in [0.05, 0.1) is 12.2 Å². The molecule has 2 heteroatoms. The Morgan fingerprint density at radius 1 is 1.29 bits per heavy atom. The maximum atomic E-state index is 9.94. The molecular formula is C15H22O2. The molecule has 0 amide bonds. The van der Waals surface area contributed by atoms with Gasteiger partial charge in [0.25, 0.3) is 0 Å². The highest BCUT2D eigenvalue weighted by molar-refractivity contribution is 5.15. The van der Waals surface area contributed by atoms with E-state index in [1.807, 2.05) is 18.2 Å². The third kappa shape index (κ3) is 4.49. The van der Waals surface area contributed by atoms with Crippen LogP contribution in [0.25, 0.3) is 0 Å². The Morgan fingerprint density at radius 2 is 2.12 bits per heavy atom. The first-order chi connectivity index (χ1) is 8.34. The van der Waals surface area contributed by atoms with E-state index in [2.05, 4.69) is 12.1 Å². The van der Waals surface area contributed by atoms with E-state index in [0.717, 1.165) is 32.3 Å². The zero-order valence-electron chi connectivity index (χ0n) is 10.3. The Balaban J connectivity index is 1.62. The van der Waals surface area contributed by atoms with Gasteiger partial charge in [-0.05, 0) is 44.1 Å². The number of aliphatic hydroxyl groups is 1. The van der Waals surface area contributed by atoms with E-state index in [1.54, 1.807) is 0 Å². The lowest BCUT2D eigenvalue weighted by atomic mass is 10.0. The summed E-state index contributed by atoms with van der Waals surface area (Å²) in [5.41, 5.74) is 1.22. The van der Waals surface area contributed by atoms with Crippen molar-refractivity contribution in [2.45, 2.75) is 50.7 Å². The highest BCUT2D eigenvalue weighted by Crippen LogP contribution is 2.18. The second kappa shape index (κ2) is 6.77. The van der Waals surface area contributed by atoms with Crippen molar-refractivity contribution >= 4 is 0 Å².